The fraction of sp³-hybridized carbons (Fsp3) is 0.105. The molecule has 0 aliphatic heterocycles. The molecule has 7 heteroatoms. The highest BCUT2D eigenvalue weighted by molar-refractivity contribution is 7.17. The van der Waals surface area contributed by atoms with E-state index < -0.39 is 17.9 Å². The van der Waals surface area contributed by atoms with Gasteiger partial charge in [-0.25, -0.2) is 14.2 Å². The van der Waals surface area contributed by atoms with Crippen molar-refractivity contribution >= 4 is 23.2 Å². The van der Waals surface area contributed by atoms with E-state index >= 15 is 0 Å². The lowest BCUT2D eigenvalue weighted by Gasteiger charge is -2.14. The van der Waals surface area contributed by atoms with Crippen molar-refractivity contribution in [2.45, 2.75) is 13.0 Å². The van der Waals surface area contributed by atoms with Gasteiger partial charge in [-0.15, -0.1) is 11.3 Å². The average Bonchev–Trinajstić information content (AvgIpc) is 3.02. The van der Waals surface area contributed by atoms with Crippen molar-refractivity contribution in [1.29, 1.82) is 0 Å². The van der Waals surface area contributed by atoms with Gasteiger partial charge in [0, 0.05) is 5.56 Å². The van der Waals surface area contributed by atoms with E-state index in [2.05, 4.69) is 10.3 Å². The van der Waals surface area contributed by atoms with Crippen molar-refractivity contribution in [1.82, 2.24) is 10.3 Å². The van der Waals surface area contributed by atoms with Crippen molar-refractivity contribution in [3.63, 3.8) is 0 Å². The Kier molecular flexibility index (Phi) is 5.09. The van der Waals surface area contributed by atoms with E-state index in [4.69, 9.17) is 0 Å². The van der Waals surface area contributed by atoms with E-state index in [0.717, 1.165) is 11.3 Å². The zero-order chi connectivity index (χ0) is 18.7. The molecule has 0 fully saturated rings. The van der Waals surface area contributed by atoms with Crippen LogP contribution in [0.15, 0.2) is 54.6 Å². The number of halogens is 1. The van der Waals surface area contributed by atoms with E-state index in [0.29, 0.717) is 26.7 Å². The van der Waals surface area contributed by atoms with Gasteiger partial charge in [-0.2, -0.15) is 0 Å². The molecule has 0 saturated carbocycles. The molecule has 0 saturated heterocycles. The molecule has 0 bridgehead atoms. The molecule has 1 heterocycles. The van der Waals surface area contributed by atoms with Crippen LogP contribution in [0, 0.1) is 12.7 Å². The lowest BCUT2D eigenvalue weighted by Crippen LogP contribution is -2.33. The maximum Gasteiger partial charge on any atom is 0.330 e. The number of hydrogen-bond donors (Lipinski definition) is 2. The Morgan fingerprint density at radius 3 is 2.38 bits per heavy atom. The van der Waals surface area contributed by atoms with Crippen LogP contribution in [0.4, 0.5) is 4.39 Å². The number of carbonyl (C=O) groups is 2. The standard InChI is InChI=1S/C19H15FN2O3S/c1-11-16(26-18(21-11)13-7-9-14(20)10-8-13)17(23)22-15(19(24)25)12-5-3-2-4-6-12/h2-10,15H,1H3,(H,22,23)(H,24,25)/t15-/m1/s1. The first-order valence-corrected chi connectivity index (χ1v) is 8.59. The van der Waals surface area contributed by atoms with Crippen LogP contribution < -0.4 is 5.32 Å². The highest BCUT2D eigenvalue weighted by Crippen LogP contribution is 2.28. The smallest absolute Gasteiger partial charge is 0.330 e. The highest BCUT2D eigenvalue weighted by atomic mass is 32.1. The third-order valence-electron chi connectivity index (χ3n) is 3.75. The first-order valence-electron chi connectivity index (χ1n) is 7.77. The molecule has 2 aromatic carbocycles. The van der Waals surface area contributed by atoms with Crippen molar-refractivity contribution in [2.75, 3.05) is 0 Å². The molecule has 132 valence electrons. The predicted molar refractivity (Wildman–Crippen MR) is 96.5 cm³/mol. The quantitative estimate of drug-likeness (QED) is 0.716. The number of benzene rings is 2. The molecule has 5 nitrogen and oxygen atoms in total. The highest BCUT2D eigenvalue weighted by Gasteiger charge is 2.25. The topological polar surface area (TPSA) is 79.3 Å². The summed E-state index contributed by atoms with van der Waals surface area (Å²) in [5, 5.41) is 12.5. The molecule has 0 spiro atoms. The van der Waals surface area contributed by atoms with Crippen LogP contribution in [0.2, 0.25) is 0 Å². The molecule has 0 unspecified atom stereocenters. The fourth-order valence-electron chi connectivity index (χ4n) is 2.45. The monoisotopic (exact) mass is 370 g/mol. The second-order valence-electron chi connectivity index (χ2n) is 5.60. The van der Waals surface area contributed by atoms with Crippen LogP contribution in [0.5, 0.6) is 0 Å². The minimum absolute atomic E-state index is 0.325. The van der Waals surface area contributed by atoms with E-state index in [1.54, 1.807) is 49.4 Å². The zero-order valence-electron chi connectivity index (χ0n) is 13.8. The lowest BCUT2D eigenvalue weighted by molar-refractivity contribution is -0.139. The molecular formula is C19H15FN2O3S. The van der Waals surface area contributed by atoms with Crippen molar-refractivity contribution in [3.8, 4) is 10.6 Å². The number of hydrogen-bond acceptors (Lipinski definition) is 4. The predicted octanol–water partition coefficient (Wildman–Crippen LogP) is 3.81. The van der Waals surface area contributed by atoms with Gasteiger partial charge in [0.2, 0.25) is 0 Å². The molecule has 1 atom stereocenters. The van der Waals surface area contributed by atoms with Crippen LogP contribution in [-0.2, 0) is 4.79 Å². The zero-order valence-corrected chi connectivity index (χ0v) is 14.6. The fourth-order valence-corrected chi connectivity index (χ4v) is 3.43. The molecule has 0 aliphatic rings. The third-order valence-corrected chi connectivity index (χ3v) is 4.95. The van der Waals surface area contributed by atoms with E-state index in [1.165, 1.54) is 12.1 Å². The number of carbonyl (C=O) groups excluding carboxylic acids is 1. The Morgan fingerprint density at radius 2 is 1.77 bits per heavy atom. The average molecular weight is 370 g/mol. The second-order valence-corrected chi connectivity index (χ2v) is 6.59. The summed E-state index contributed by atoms with van der Waals surface area (Å²) >= 11 is 1.14. The van der Waals surface area contributed by atoms with Gasteiger partial charge in [0.1, 0.15) is 15.7 Å². The summed E-state index contributed by atoms with van der Waals surface area (Å²) in [6.45, 7) is 1.68. The van der Waals surface area contributed by atoms with Crippen LogP contribution in [0.1, 0.15) is 27.0 Å². The maximum atomic E-state index is 13.1. The molecule has 0 radical (unpaired) electrons. The molecule has 26 heavy (non-hydrogen) atoms. The number of carboxylic acids is 1. The molecule has 0 aliphatic carbocycles. The van der Waals surface area contributed by atoms with Crippen LogP contribution in [-0.4, -0.2) is 22.0 Å². The summed E-state index contributed by atoms with van der Waals surface area (Å²) in [6.07, 6.45) is 0. The van der Waals surface area contributed by atoms with Crippen LogP contribution >= 0.6 is 11.3 Å². The molecule has 3 aromatic rings. The number of amides is 1. The van der Waals surface area contributed by atoms with Gasteiger partial charge in [-0.05, 0) is 36.8 Å². The summed E-state index contributed by atoms with van der Waals surface area (Å²) < 4.78 is 13.1. The number of aryl methyl sites for hydroxylation is 1. The molecule has 1 aromatic heterocycles. The van der Waals surface area contributed by atoms with Gasteiger partial charge in [0.25, 0.3) is 5.91 Å². The van der Waals surface area contributed by atoms with Gasteiger partial charge in [-0.3, -0.25) is 4.79 Å². The van der Waals surface area contributed by atoms with Crippen molar-refractivity contribution < 1.29 is 19.1 Å². The first-order chi connectivity index (χ1) is 12.5. The van der Waals surface area contributed by atoms with Crippen molar-refractivity contribution in [2.24, 2.45) is 0 Å². The summed E-state index contributed by atoms with van der Waals surface area (Å²) in [5.74, 6) is -2.01. The number of carboxylic acid groups (broad SMARTS) is 1. The number of aromatic nitrogens is 1. The number of nitrogens with one attached hydrogen (secondary N) is 1. The lowest BCUT2D eigenvalue weighted by atomic mass is 10.1. The number of aliphatic carboxylic acids is 1. The number of rotatable bonds is 5. The minimum atomic E-state index is -1.15. The summed E-state index contributed by atoms with van der Waals surface area (Å²) in [7, 11) is 0. The summed E-state index contributed by atoms with van der Waals surface area (Å²) in [6, 6.07) is 13.1. The normalized spacial score (nSPS) is 11.8. The van der Waals surface area contributed by atoms with Gasteiger partial charge in [-0.1, -0.05) is 30.3 Å². The SMILES string of the molecule is Cc1nc(-c2ccc(F)cc2)sc1C(=O)N[C@@H](C(=O)O)c1ccccc1. The molecule has 2 N–H and O–H groups in total. The van der Waals surface area contributed by atoms with Gasteiger partial charge in [0.15, 0.2) is 6.04 Å². The first kappa shape index (κ1) is 17.8. The summed E-state index contributed by atoms with van der Waals surface area (Å²) in [4.78, 5) is 28.8. The molecular weight excluding hydrogens is 355 g/mol. The third kappa shape index (κ3) is 3.78. The van der Waals surface area contributed by atoms with Crippen LogP contribution in [0.3, 0.4) is 0 Å². The molecule has 1 amide bonds. The Hall–Kier alpha value is -3.06. The van der Waals surface area contributed by atoms with Gasteiger partial charge < -0.3 is 10.4 Å². The number of thiazole rings is 1. The Labute approximate surface area is 153 Å². The second kappa shape index (κ2) is 7.45. The Bertz CT molecular complexity index is 939. The van der Waals surface area contributed by atoms with E-state index in [9.17, 15) is 19.1 Å². The molecule has 3 rings (SSSR count). The Morgan fingerprint density at radius 1 is 1.12 bits per heavy atom. The van der Waals surface area contributed by atoms with Gasteiger partial charge >= 0.3 is 5.97 Å². The van der Waals surface area contributed by atoms with Crippen molar-refractivity contribution in [3.05, 3.63) is 76.5 Å². The largest absolute Gasteiger partial charge is 0.479 e. The van der Waals surface area contributed by atoms with E-state index in [1.807, 2.05) is 0 Å². The van der Waals surface area contributed by atoms with E-state index in [-0.39, 0.29) is 5.82 Å². The maximum absolute atomic E-state index is 13.1. The van der Waals surface area contributed by atoms with Gasteiger partial charge in [0.05, 0.1) is 5.69 Å². The summed E-state index contributed by atoms with van der Waals surface area (Å²) in [5.41, 5.74) is 1.66. The Balaban J connectivity index is 1.85. The van der Waals surface area contributed by atoms with Crippen LogP contribution in [0.25, 0.3) is 10.6 Å². The minimum Gasteiger partial charge on any atom is -0.479 e. The number of nitrogens with zero attached hydrogens (tertiary/aromatic N) is 1.